The molecule has 0 aliphatic heterocycles. The predicted molar refractivity (Wildman–Crippen MR) is 88.9 cm³/mol. The van der Waals surface area contributed by atoms with E-state index in [0.29, 0.717) is 27.1 Å². The highest BCUT2D eigenvalue weighted by molar-refractivity contribution is 6.31. The molecule has 3 rings (SSSR count). The summed E-state index contributed by atoms with van der Waals surface area (Å²) in [6.45, 7) is 1.74. The number of fused-ring (bicyclic) bond motifs is 1. The summed E-state index contributed by atoms with van der Waals surface area (Å²) in [7, 11) is 0. The second-order valence-electron chi connectivity index (χ2n) is 5.55. The van der Waals surface area contributed by atoms with Gasteiger partial charge < -0.3 is 5.11 Å². The molecule has 0 aliphatic carbocycles. The van der Waals surface area contributed by atoms with Crippen molar-refractivity contribution in [3.63, 3.8) is 0 Å². The molecule has 0 unspecified atom stereocenters. The zero-order valence-electron chi connectivity index (χ0n) is 12.9. The number of carboxylic acid groups (broad SMARTS) is 1. The molecule has 2 aromatic carbocycles. The molecule has 0 fully saturated rings. The Balaban J connectivity index is 2.22. The summed E-state index contributed by atoms with van der Waals surface area (Å²) in [5.41, 5.74) is 1.01. The zero-order valence-corrected chi connectivity index (χ0v) is 13.6. The predicted octanol–water partition coefficient (Wildman–Crippen LogP) is 5.58. The fourth-order valence-electron chi connectivity index (χ4n) is 2.61. The first-order valence-electron chi connectivity index (χ1n) is 7.18. The Morgan fingerprint density at radius 2 is 1.76 bits per heavy atom. The van der Waals surface area contributed by atoms with Crippen molar-refractivity contribution in [3.05, 3.63) is 64.2 Å². The number of hydrogen-bond donors (Lipinski definition) is 1. The van der Waals surface area contributed by atoms with Crippen LogP contribution in [0.3, 0.4) is 0 Å². The Bertz CT molecular complexity index is 982. The monoisotopic (exact) mass is 365 g/mol. The number of nitrogens with zero attached hydrogens (tertiary/aromatic N) is 1. The van der Waals surface area contributed by atoms with Gasteiger partial charge in [-0.3, -0.25) is 0 Å². The zero-order chi connectivity index (χ0) is 18.4. The molecule has 3 aromatic rings. The van der Waals surface area contributed by atoms with Crippen molar-refractivity contribution in [2.45, 2.75) is 13.1 Å². The summed E-state index contributed by atoms with van der Waals surface area (Å²) in [5.74, 6) is -1.16. The molecule has 0 aliphatic rings. The number of aryl methyl sites for hydroxylation is 1. The van der Waals surface area contributed by atoms with Crippen LogP contribution in [0.1, 0.15) is 21.5 Å². The number of aromatic nitrogens is 1. The third kappa shape index (κ3) is 3.30. The summed E-state index contributed by atoms with van der Waals surface area (Å²) in [5, 5.41) is 10.2. The summed E-state index contributed by atoms with van der Waals surface area (Å²) in [4.78, 5) is 16.0. The van der Waals surface area contributed by atoms with Crippen molar-refractivity contribution >= 4 is 28.5 Å². The van der Waals surface area contributed by atoms with Crippen LogP contribution in [-0.2, 0) is 6.18 Å². The van der Waals surface area contributed by atoms with Crippen LogP contribution in [0.15, 0.2) is 42.5 Å². The maximum absolute atomic E-state index is 12.7. The number of alkyl halides is 3. The van der Waals surface area contributed by atoms with E-state index in [-0.39, 0.29) is 11.3 Å². The molecule has 25 heavy (non-hydrogen) atoms. The SMILES string of the molecule is Cc1cc(Cl)cc2c(C(=O)O)cc(-c3ccc(C(F)(F)F)cc3)nc12. The molecule has 1 heterocycles. The van der Waals surface area contributed by atoms with Gasteiger partial charge in [0.05, 0.1) is 22.3 Å². The van der Waals surface area contributed by atoms with Gasteiger partial charge >= 0.3 is 12.1 Å². The number of benzene rings is 2. The fraction of sp³-hybridized carbons (Fsp3) is 0.111. The Morgan fingerprint density at radius 3 is 2.32 bits per heavy atom. The van der Waals surface area contributed by atoms with Gasteiger partial charge in [-0.25, -0.2) is 9.78 Å². The van der Waals surface area contributed by atoms with E-state index in [2.05, 4.69) is 4.98 Å². The summed E-state index contributed by atoms with van der Waals surface area (Å²) in [6, 6.07) is 8.92. The van der Waals surface area contributed by atoms with Gasteiger partial charge in [0.25, 0.3) is 0 Å². The number of rotatable bonds is 2. The molecule has 0 atom stereocenters. The molecule has 1 N–H and O–H groups in total. The average molecular weight is 366 g/mol. The lowest BCUT2D eigenvalue weighted by atomic mass is 10.0. The van der Waals surface area contributed by atoms with Crippen LogP contribution in [0.2, 0.25) is 5.02 Å². The van der Waals surface area contributed by atoms with Crippen LogP contribution < -0.4 is 0 Å². The molecular formula is C18H11ClF3NO2. The fourth-order valence-corrected chi connectivity index (χ4v) is 2.88. The maximum Gasteiger partial charge on any atom is 0.416 e. The van der Waals surface area contributed by atoms with Gasteiger partial charge in [-0.15, -0.1) is 0 Å². The molecule has 0 saturated carbocycles. The lowest BCUT2D eigenvalue weighted by Gasteiger charge is -2.11. The molecule has 0 radical (unpaired) electrons. The lowest BCUT2D eigenvalue weighted by molar-refractivity contribution is -0.137. The third-order valence-electron chi connectivity index (χ3n) is 3.81. The van der Waals surface area contributed by atoms with Crippen LogP contribution >= 0.6 is 11.6 Å². The third-order valence-corrected chi connectivity index (χ3v) is 4.03. The summed E-state index contributed by atoms with van der Waals surface area (Å²) < 4.78 is 38.1. The van der Waals surface area contributed by atoms with Crippen molar-refractivity contribution < 1.29 is 23.1 Å². The Morgan fingerprint density at radius 1 is 1.12 bits per heavy atom. The Hall–Kier alpha value is -2.60. The lowest BCUT2D eigenvalue weighted by Crippen LogP contribution is -2.04. The van der Waals surface area contributed by atoms with E-state index in [0.717, 1.165) is 12.1 Å². The molecule has 128 valence electrons. The molecule has 7 heteroatoms. The van der Waals surface area contributed by atoms with Gasteiger partial charge in [0.1, 0.15) is 0 Å². The van der Waals surface area contributed by atoms with Crippen molar-refractivity contribution in [3.8, 4) is 11.3 Å². The first kappa shape index (κ1) is 17.2. The van der Waals surface area contributed by atoms with Gasteiger partial charge in [-0.1, -0.05) is 23.7 Å². The van der Waals surface area contributed by atoms with Crippen LogP contribution in [0, 0.1) is 6.92 Å². The molecule has 1 aromatic heterocycles. The molecule has 0 spiro atoms. The van der Waals surface area contributed by atoms with E-state index < -0.39 is 17.7 Å². The first-order valence-corrected chi connectivity index (χ1v) is 7.56. The molecular weight excluding hydrogens is 355 g/mol. The summed E-state index contributed by atoms with van der Waals surface area (Å²) in [6.07, 6.45) is -4.44. The second kappa shape index (κ2) is 6.04. The van der Waals surface area contributed by atoms with Crippen molar-refractivity contribution in [1.29, 1.82) is 0 Å². The first-order chi connectivity index (χ1) is 11.7. The minimum absolute atomic E-state index is 0.00880. The molecule has 0 amide bonds. The topological polar surface area (TPSA) is 50.2 Å². The largest absolute Gasteiger partial charge is 0.478 e. The normalized spacial score (nSPS) is 11.7. The van der Waals surface area contributed by atoms with Crippen LogP contribution in [-0.4, -0.2) is 16.1 Å². The number of halogens is 4. The number of carboxylic acids is 1. The second-order valence-corrected chi connectivity index (χ2v) is 5.99. The Labute approximate surface area is 145 Å². The van der Waals surface area contributed by atoms with Gasteiger partial charge in [0.15, 0.2) is 0 Å². The standard InChI is InChI=1S/C18H11ClF3NO2/c1-9-6-12(19)7-13-14(17(24)25)8-15(23-16(9)13)10-2-4-11(5-3-10)18(20,21)22/h2-8H,1H3,(H,24,25). The van der Waals surface area contributed by atoms with Gasteiger partial charge in [-0.05, 0) is 42.8 Å². The van der Waals surface area contributed by atoms with E-state index >= 15 is 0 Å². The Kier molecular flexibility index (Phi) is 4.16. The van der Waals surface area contributed by atoms with Crippen molar-refractivity contribution in [2.24, 2.45) is 0 Å². The van der Waals surface area contributed by atoms with Gasteiger partial charge in [-0.2, -0.15) is 13.2 Å². The van der Waals surface area contributed by atoms with E-state index in [9.17, 15) is 23.1 Å². The minimum atomic E-state index is -4.44. The van der Waals surface area contributed by atoms with Gasteiger partial charge in [0.2, 0.25) is 0 Å². The number of pyridine rings is 1. The van der Waals surface area contributed by atoms with Crippen LogP contribution in [0.5, 0.6) is 0 Å². The maximum atomic E-state index is 12.7. The number of aromatic carboxylic acids is 1. The van der Waals surface area contributed by atoms with E-state index in [4.69, 9.17) is 11.6 Å². The smallest absolute Gasteiger partial charge is 0.416 e. The number of carbonyl (C=O) groups is 1. The molecule has 0 bridgehead atoms. The average Bonchev–Trinajstić information content (AvgIpc) is 2.53. The minimum Gasteiger partial charge on any atom is -0.478 e. The quantitative estimate of drug-likeness (QED) is 0.645. The highest BCUT2D eigenvalue weighted by Gasteiger charge is 2.30. The number of hydrogen-bond acceptors (Lipinski definition) is 2. The van der Waals surface area contributed by atoms with Crippen molar-refractivity contribution in [2.75, 3.05) is 0 Å². The van der Waals surface area contributed by atoms with E-state index in [1.165, 1.54) is 24.3 Å². The highest BCUT2D eigenvalue weighted by Crippen LogP contribution is 2.32. The highest BCUT2D eigenvalue weighted by atomic mass is 35.5. The molecule has 0 saturated heterocycles. The van der Waals surface area contributed by atoms with Crippen LogP contribution in [0.25, 0.3) is 22.2 Å². The van der Waals surface area contributed by atoms with Gasteiger partial charge in [0, 0.05) is 16.0 Å². The van der Waals surface area contributed by atoms with E-state index in [1.807, 2.05) is 0 Å². The van der Waals surface area contributed by atoms with Crippen molar-refractivity contribution in [1.82, 2.24) is 4.98 Å². The molecule has 3 nitrogen and oxygen atoms in total. The van der Waals surface area contributed by atoms with E-state index in [1.54, 1.807) is 13.0 Å². The van der Waals surface area contributed by atoms with Crippen LogP contribution in [0.4, 0.5) is 13.2 Å². The summed E-state index contributed by atoms with van der Waals surface area (Å²) >= 11 is 5.99.